The standard InChI is InChI=1S/C25H34N4O/c1-4-26-25(28-16-20(3)21-12-7-9-19(2)15-21)27-14-8-13-24(30)29-17-22-10-5-6-11-23(22)18-29/h5-7,9-12,15,20H,4,8,13-14,16-18H2,1-3H3,(H2,26,27,28). The van der Waals surface area contributed by atoms with Crippen LogP contribution in [-0.4, -0.2) is 36.4 Å². The maximum absolute atomic E-state index is 12.5. The molecule has 2 aromatic carbocycles. The second-order valence-electron chi connectivity index (χ2n) is 8.08. The van der Waals surface area contributed by atoms with Crippen molar-refractivity contribution in [2.75, 3.05) is 19.6 Å². The van der Waals surface area contributed by atoms with Crippen LogP contribution in [0.3, 0.4) is 0 Å². The van der Waals surface area contributed by atoms with Crippen molar-refractivity contribution in [3.8, 4) is 0 Å². The summed E-state index contributed by atoms with van der Waals surface area (Å²) in [5, 5.41) is 6.67. The summed E-state index contributed by atoms with van der Waals surface area (Å²) in [6, 6.07) is 16.9. The van der Waals surface area contributed by atoms with Crippen LogP contribution in [0.4, 0.5) is 0 Å². The number of nitrogens with zero attached hydrogens (tertiary/aromatic N) is 2. The lowest BCUT2D eigenvalue weighted by atomic mass is 10.00. The van der Waals surface area contributed by atoms with E-state index in [2.05, 4.69) is 67.8 Å². The Kier molecular flexibility index (Phi) is 7.89. The second-order valence-corrected chi connectivity index (χ2v) is 8.08. The average Bonchev–Trinajstić information content (AvgIpc) is 3.19. The van der Waals surface area contributed by atoms with E-state index in [1.165, 1.54) is 22.3 Å². The lowest BCUT2D eigenvalue weighted by molar-refractivity contribution is -0.131. The number of carbonyl (C=O) groups is 1. The van der Waals surface area contributed by atoms with Gasteiger partial charge in [0.25, 0.3) is 0 Å². The van der Waals surface area contributed by atoms with Gasteiger partial charge in [-0.1, -0.05) is 61.0 Å². The molecule has 1 aliphatic rings. The number of aryl methyl sites for hydroxylation is 1. The maximum Gasteiger partial charge on any atom is 0.223 e. The fourth-order valence-electron chi connectivity index (χ4n) is 3.77. The molecule has 1 aliphatic heterocycles. The SMILES string of the molecule is CCNC(=NCC(C)c1cccc(C)c1)NCCCC(=O)N1Cc2ccccc2C1. The minimum atomic E-state index is 0.225. The Bertz CT molecular complexity index is 852. The fourth-order valence-corrected chi connectivity index (χ4v) is 3.77. The number of hydrogen-bond donors (Lipinski definition) is 2. The van der Waals surface area contributed by atoms with Gasteiger partial charge in [0, 0.05) is 45.1 Å². The van der Waals surface area contributed by atoms with Crippen LogP contribution in [0.5, 0.6) is 0 Å². The van der Waals surface area contributed by atoms with Gasteiger partial charge in [-0.15, -0.1) is 0 Å². The highest BCUT2D eigenvalue weighted by molar-refractivity contribution is 5.80. The Labute approximate surface area is 180 Å². The van der Waals surface area contributed by atoms with Gasteiger partial charge >= 0.3 is 0 Å². The molecule has 5 heteroatoms. The molecule has 1 unspecified atom stereocenters. The number of nitrogens with one attached hydrogen (secondary N) is 2. The molecule has 3 rings (SSSR count). The van der Waals surface area contributed by atoms with E-state index < -0.39 is 0 Å². The number of aliphatic imine (C=N–C) groups is 1. The Hall–Kier alpha value is -2.82. The summed E-state index contributed by atoms with van der Waals surface area (Å²) in [6.07, 6.45) is 1.35. The summed E-state index contributed by atoms with van der Waals surface area (Å²) in [7, 11) is 0. The van der Waals surface area contributed by atoms with E-state index in [1.54, 1.807) is 0 Å². The molecule has 1 atom stereocenters. The topological polar surface area (TPSA) is 56.7 Å². The highest BCUT2D eigenvalue weighted by atomic mass is 16.2. The molecule has 2 N–H and O–H groups in total. The summed E-state index contributed by atoms with van der Waals surface area (Å²) < 4.78 is 0. The van der Waals surface area contributed by atoms with Crippen molar-refractivity contribution < 1.29 is 4.79 Å². The van der Waals surface area contributed by atoms with E-state index >= 15 is 0 Å². The Morgan fingerprint density at radius 2 is 1.83 bits per heavy atom. The monoisotopic (exact) mass is 406 g/mol. The van der Waals surface area contributed by atoms with E-state index in [1.807, 2.05) is 17.0 Å². The Morgan fingerprint density at radius 1 is 1.10 bits per heavy atom. The predicted octanol–water partition coefficient (Wildman–Crippen LogP) is 3.98. The highest BCUT2D eigenvalue weighted by Gasteiger charge is 2.22. The van der Waals surface area contributed by atoms with Crippen LogP contribution in [0.2, 0.25) is 0 Å². The first kappa shape index (κ1) is 21.9. The van der Waals surface area contributed by atoms with Gasteiger partial charge in [-0.05, 0) is 37.0 Å². The highest BCUT2D eigenvalue weighted by Crippen LogP contribution is 2.22. The largest absolute Gasteiger partial charge is 0.357 e. The lowest BCUT2D eigenvalue weighted by Gasteiger charge is -2.16. The number of carbonyl (C=O) groups excluding carboxylic acids is 1. The van der Waals surface area contributed by atoms with Gasteiger partial charge < -0.3 is 15.5 Å². The van der Waals surface area contributed by atoms with Gasteiger partial charge in [-0.3, -0.25) is 9.79 Å². The van der Waals surface area contributed by atoms with Crippen LogP contribution in [0, 0.1) is 6.92 Å². The molecule has 0 fully saturated rings. The fraction of sp³-hybridized carbons (Fsp3) is 0.440. The smallest absolute Gasteiger partial charge is 0.223 e. The van der Waals surface area contributed by atoms with Gasteiger partial charge in [0.2, 0.25) is 5.91 Å². The molecular weight excluding hydrogens is 372 g/mol. The zero-order valence-corrected chi connectivity index (χ0v) is 18.4. The van der Waals surface area contributed by atoms with Crippen molar-refractivity contribution in [3.63, 3.8) is 0 Å². The molecule has 0 radical (unpaired) electrons. The third-order valence-corrected chi connectivity index (χ3v) is 5.53. The molecule has 1 amide bonds. The number of hydrogen-bond acceptors (Lipinski definition) is 2. The quantitative estimate of drug-likeness (QED) is 0.396. The zero-order valence-electron chi connectivity index (χ0n) is 18.4. The third-order valence-electron chi connectivity index (χ3n) is 5.53. The number of fused-ring (bicyclic) bond motifs is 1. The number of amides is 1. The molecule has 0 saturated carbocycles. The van der Waals surface area contributed by atoms with Crippen LogP contribution in [0.25, 0.3) is 0 Å². The van der Waals surface area contributed by atoms with E-state index in [4.69, 9.17) is 4.99 Å². The molecule has 0 aromatic heterocycles. The van der Waals surface area contributed by atoms with E-state index in [-0.39, 0.29) is 5.91 Å². The first-order valence-corrected chi connectivity index (χ1v) is 11.0. The summed E-state index contributed by atoms with van der Waals surface area (Å²) in [4.78, 5) is 19.2. The van der Waals surface area contributed by atoms with Crippen molar-refractivity contribution in [3.05, 3.63) is 70.8 Å². The Balaban J connectivity index is 1.42. The average molecular weight is 407 g/mol. The molecule has 5 nitrogen and oxygen atoms in total. The molecule has 1 heterocycles. The van der Waals surface area contributed by atoms with Gasteiger partial charge in [-0.2, -0.15) is 0 Å². The number of benzene rings is 2. The molecule has 160 valence electrons. The van der Waals surface area contributed by atoms with E-state index in [9.17, 15) is 4.79 Å². The second kappa shape index (κ2) is 10.8. The third kappa shape index (κ3) is 6.09. The summed E-state index contributed by atoms with van der Waals surface area (Å²) >= 11 is 0. The molecule has 0 bridgehead atoms. The normalized spacial score (nSPS) is 14.4. The van der Waals surface area contributed by atoms with Crippen molar-refractivity contribution in [2.45, 2.75) is 52.6 Å². The van der Waals surface area contributed by atoms with Crippen molar-refractivity contribution in [1.82, 2.24) is 15.5 Å². The first-order valence-electron chi connectivity index (χ1n) is 11.0. The summed E-state index contributed by atoms with van der Waals surface area (Å²) in [5.74, 6) is 1.40. The molecule has 2 aromatic rings. The zero-order chi connectivity index (χ0) is 21.3. The number of guanidine groups is 1. The van der Waals surface area contributed by atoms with Crippen LogP contribution in [-0.2, 0) is 17.9 Å². The predicted molar refractivity (Wildman–Crippen MR) is 124 cm³/mol. The molecule has 30 heavy (non-hydrogen) atoms. The van der Waals surface area contributed by atoms with Gasteiger partial charge in [0.1, 0.15) is 0 Å². The van der Waals surface area contributed by atoms with Crippen LogP contribution in [0.15, 0.2) is 53.5 Å². The van der Waals surface area contributed by atoms with Gasteiger partial charge in [-0.25, -0.2) is 0 Å². The molecular formula is C25H34N4O. The van der Waals surface area contributed by atoms with Crippen LogP contribution >= 0.6 is 0 Å². The van der Waals surface area contributed by atoms with Crippen LogP contribution in [0.1, 0.15) is 54.9 Å². The molecule has 0 saturated heterocycles. The first-order chi connectivity index (χ1) is 14.6. The molecule has 0 spiro atoms. The minimum Gasteiger partial charge on any atom is -0.357 e. The maximum atomic E-state index is 12.5. The lowest BCUT2D eigenvalue weighted by Crippen LogP contribution is -2.38. The van der Waals surface area contributed by atoms with Gasteiger partial charge in [0.05, 0.1) is 0 Å². The van der Waals surface area contributed by atoms with E-state index in [0.29, 0.717) is 12.3 Å². The van der Waals surface area contributed by atoms with Crippen LogP contribution < -0.4 is 10.6 Å². The molecule has 0 aliphatic carbocycles. The van der Waals surface area contributed by atoms with Gasteiger partial charge in [0.15, 0.2) is 5.96 Å². The van der Waals surface area contributed by atoms with Crippen molar-refractivity contribution in [1.29, 1.82) is 0 Å². The van der Waals surface area contributed by atoms with E-state index in [0.717, 1.165) is 45.1 Å². The minimum absolute atomic E-state index is 0.225. The summed E-state index contributed by atoms with van der Waals surface area (Å²) in [6.45, 7) is 10.1. The summed E-state index contributed by atoms with van der Waals surface area (Å²) in [5.41, 5.74) is 5.13. The van der Waals surface area contributed by atoms with Crippen molar-refractivity contribution >= 4 is 11.9 Å². The van der Waals surface area contributed by atoms with Crippen molar-refractivity contribution in [2.24, 2.45) is 4.99 Å². The number of rotatable bonds is 8. The Morgan fingerprint density at radius 3 is 2.50 bits per heavy atom.